The molecule has 7 N–H and O–H groups in total. The van der Waals surface area contributed by atoms with E-state index >= 15 is 0 Å². The Balaban J connectivity index is 1.94. The lowest BCUT2D eigenvalue weighted by atomic mass is 10.1. The molecule has 5 atom stereocenters. The number of nitrogens with two attached hydrogens (primary N) is 1. The summed E-state index contributed by atoms with van der Waals surface area (Å²) in [7, 11) is 0. The van der Waals surface area contributed by atoms with Gasteiger partial charge >= 0.3 is 6.72 Å². The van der Waals surface area contributed by atoms with E-state index in [2.05, 4.69) is 21.8 Å². The maximum atomic E-state index is 14.6. The topological polar surface area (TPSA) is 177 Å². The third-order valence-corrected chi connectivity index (χ3v) is 4.34. The van der Waals surface area contributed by atoms with E-state index in [1.807, 2.05) is 0 Å². The molecule has 3 rings (SSSR count). The number of aliphatic hydroxyl groups excluding tert-OH is 2. The van der Waals surface area contributed by atoms with Gasteiger partial charge in [-0.1, -0.05) is 0 Å². The lowest BCUT2D eigenvalue weighted by molar-refractivity contribution is -0.216. The van der Waals surface area contributed by atoms with Gasteiger partial charge in [-0.15, -0.1) is 0 Å². The predicted octanol–water partition coefficient (Wildman–Crippen LogP) is -2.99. The van der Waals surface area contributed by atoms with Gasteiger partial charge in [0, 0.05) is 0 Å². The minimum atomic E-state index is -4.19. The fourth-order valence-electron chi connectivity index (χ4n) is 2.64. The average molecular weight is 399 g/mol. The maximum Gasteiger partial charge on any atom is 0.344 e. The first-order valence-electron chi connectivity index (χ1n) is 6.81. The van der Waals surface area contributed by atoms with Crippen molar-refractivity contribution in [3.8, 4) is 0 Å². The summed E-state index contributed by atoms with van der Waals surface area (Å²) in [4.78, 5) is 27.3. The molecule has 15 heteroatoms. The molecule has 1 saturated heterocycles. The molecule has 1 unspecified atom stereocenters. The smallest absolute Gasteiger partial charge is 0.344 e. The molecule has 12 nitrogen and oxygen atoms in total. The largest absolute Gasteiger partial charge is 0.394 e. The van der Waals surface area contributed by atoms with Gasteiger partial charge in [0.25, 0.3) is 5.85 Å². The van der Waals surface area contributed by atoms with E-state index in [0.717, 1.165) is 22.6 Å². The van der Waals surface area contributed by atoms with Crippen LogP contribution in [0.25, 0.3) is 0 Å². The first-order chi connectivity index (χ1) is 11.6. The highest BCUT2D eigenvalue weighted by molar-refractivity contribution is 8.06. The van der Waals surface area contributed by atoms with Crippen molar-refractivity contribution < 1.29 is 38.9 Å². The van der Waals surface area contributed by atoms with Gasteiger partial charge in [-0.25, -0.2) is 19.4 Å². The number of aliphatic hydroxyl groups is 3. The molecular formula is C10H15FN5O7PS. The van der Waals surface area contributed by atoms with Crippen LogP contribution in [0.2, 0.25) is 0 Å². The molecule has 25 heavy (non-hydrogen) atoms. The summed E-state index contributed by atoms with van der Waals surface area (Å²) >= 11 is 4.39. The standard InChI is InChI=1S/C10H15FN5O7PS/c11-10(19)6(18)4(1-17)22-9(10)15-2-13-5-7(12)14-3-16(8(5)15)23-24(20,21)25/h2-4,6,8-9,17-19H,1,12H2,(H2,20,21,25)/t4-,6-,8?,9-,10-/m1/s1. The number of hydrogen-bond acceptors (Lipinski definition) is 11. The Labute approximate surface area is 145 Å². The fourth-order valence-corrected chi connectivity index (χ4v) is 3.25. The van der Waals surface area contributed by atoms with Crippen molar-refractivity contribution in [2.75, 3.05) is 6.61 Å². The molecular weight excluding hydrogens is 384 g/mol. The number of fused-ring (bicyclic) bond motifs is 1. The number of alkyl halides is 1. The highest BCUT2D eigenvalue weighted by atomic mass is 32.5. The Hall–Kier alpha value is -1.22. The van der Waals surface area contributed by atoms with Crippen molar-refractivity contribution in [2.24, 2.45) is 15.7 Å². The molecule has 3 heterocycles. The summed E-state index contributed by atoms with van der Waals surface area (Å²) < 4.78 is 24.6. The molecule has 0 spiro atoms. The zero-order valence-corrected chi connectivity index (χ0v) is 14.0. The van der Waals surface area contributed by atoms with Gasteiger partial charge < -0.3 is 40.5 Å². The Bertz CT molecular complexity index is 699. The predicted molar refractivity (Wildman–Crippen MR) is 83.3 cm³/mol. The Morgan fingerprint density at radius 1 is 1.44 bits per heavy atom. The third kappa shape index (κ3) is 3.16. The first kappa shape index (κ1) is 18.6. The number of ether oxygens (including phenoxy) is 1. The van der Waals surface area contributed by atoms with Crippen molar-refractivity contribution in [3.05, 3.63) is 11.5 Å². The van der Waals surface area contributed by atoms with Gasteiger partial charge in [0.15, 0.2) is 18.2 Å². The highest BCUT2D eigenvalue weighted by Crippen LogP contribution is 2.43. The van der Waals surface area contributed by atoms with Crippen LogP contribution in [-0.2, 0) is 21.2 Å². The van der Waals surface area contributed by atoms with Crippen molar-refractivity contribution in [1.29, 1.82) is 0 Å². The van der Waals surface area contributed by atoms with Crippen LogP contribution in [-0.4, -0.2) is 84.8 Å². The van der Waals surface area contributed by atoms with Crippen LogP contribution < -0.4 is 5.73 Å². The van der Waals surface area contributed by atoms with Crippen LogP contribution >= 0.6 is 6.72 Å². The zero-order valence-electron chi connectivity index (χ0n) is 12.3. The SMILES string of the molecule is NC1=C2N=CN([C@@H]3O[C@H](CO)[C@@H](O)[C@]3(O)F)C2N(OP(O)(O)=S)C=N1. The number of hydrogen-bond donors (Lipinski definition) is 6. The fraction of sp³-hybridized carbons (Fsp3) is 0.600. The quantitative estimate of drug-likeness (QED) is 0.266. The van der Waals surface area contributed by atoms with E-state index in [4.69, 9.17) is 20.2 Å². The van der Waals surface area contributed by atoms with Crippen molar-refractivity contribution in [1.82, 2.24) is 9.96 Å². The Morgan fingerprint density at radius 3 is 2.68 bits per heavy atom. The van der Waals surface area contributed by atoms with Crippen LogP contribution in [0.3, 0.4) is 0 Å². The molecule has 0 aliphatic carbocycles. The lowest BCUT2D eigenvalue weighted by Gasteiger charge is -2.39. The van der Waals surface area contributed by atoms with Crippen LogP contribution in [0.15, 0.2) is 21.5 Å². The average Bonchev–Trinajstić information content (AvgIpc) is 3.03. The monoisotopic (exact) mass is 399 g/mol. The molecule has 3 aliphatic rings. The minimum Gasteiger partial charge on any atom is -0.394 e. The third-order valence-electron chi connectivity index (χ3n) is 3.74. The van der Waals surface area contributed by atoms with E-state index in [0.29, 0.717) is 0 Å². The zero-order chi connectivity index (χ0) is 18.6. The summed E-state index contributed by atoms with van der Waals surface area (Å²) in [6.07, 6.45) is -4.45. The molecule has 0 saturated carbocycles. The van der Waals surface area contributed by atoms with Crippen LogP contribution in [0, 0.1) is 0 Å². The minimum absolute atomic E-state index is 0.0345. The second-order valence-electron chi connectivity index (χ2n) is 5.39. The number of aliphatic imine (C=N–C) groups is 2. The molecule has 0 aromatic rings. The molecule has 0 radical (unpaired) electrons. The summed E-state index contributed by atoms with van der Waals surface area (Å²) in [5.41, 5.74) is 5.72. The summed E-state index contributed by atoms with van der Waals surface area (Å²) in [6.45, 7) is -4.94. The molecule has 0 aromatic heterocycles. The van der Waals surface area contributed by atoms with Crippen LogP contribution in [0.5, 0.6) is 0 Å². The summed E-state index contributed by atoms with van der Waals surface area (Å²) in [5, 5.41) is 29.6. The van der Waals surface area contributed by atoms with Gasteiger partial charge in [-0.05, 0) is 11.8 Å². The van der Waals surface area contributed by atoms with E-state index in [9.17, 15) is 24.4 Å². The lowest BCUT2D eigenvalue weighted by Crippen LogP contribution is -2.58. The number of hydroxylamine groups is 2. The summed E-state index contributed by atoms with van der Waals surface area (Å²) in [6, 6.07) is 0. The molecule has 0 aromatic carbocycles. The van der Waals surface area contributed by atoms with Crippen molar-refractivity contribution >= 4 is 31.2 Å². The first-order valence-corrected chi connectivity index (χ1v) is 9.43. The number of halogens is 1. The normalized spacial score (nSPS) is 38.0. The van der Waals surface area contributed by atoms with Gasteiger partial charge in [0.1, 0.15) is 24.2 Å². The van der Waals surface area contributed by atoms with Gasteiger partial charge in [0.2, 0.25) is 0 Å². The van der Waals surface area contributed by atoms with E-state index in [1.54, 1.807) is 0 Å². The molecule has 1 fully saturated rings. The van der Waals surface area contributed by atoms with Crippen molar-refractivity contribution in [3.63, 3.8) is 0 Å². The molecule has 3 aliphatic heterocycles. The van der Waals surface area contributed by atoms with E-state index in [-0.39, 0.29) is 11.5 Å². The van der Waals surface area contributed by atoms with E-state index < -0.39 is 43.8 Å². The maximum absolute atomic E-state index is 14.6. The second-order valence-corrected chi connectivity index (χ2v) is 7.97. The number of rotatable bonds is 4. The Kier molecular flexibility index (Phi) is 4.60. The van der Waals surface area contributed by atoms with Gasteiger partial charge in [-0.2, -0.15) is 4.62 Å². The molecule has 140 valence electrons. The second kappa shape index (κ2) is 6.19. The number of nitrogens with zero attached hydrogens (tertiary/aromatic N) is 4. The molecule has 0 amide bonds. The van der Waals surface area contributed by atoms with Gasteiger partial charge in [-0.3, -0.25) is 0 Å². The van der Waals surface area contributed by atoms with Crippen LogP contribution in [0.1, 0.15) is 0 Å². The van der Waals surface area contributed by atoms with Crippen molar-refractivity contribution in [2.45, 2.75) is 30.5 Å². The summed E-state index contributed by atoms with van der Waals surface area (Å²) in [5.74, 6) is -3.35. The molecule has 0 bridgehead atoms. The highest BCUT2D eigenvalue weighted by Gasteiger charge is 2.61. The van der Waals surface area contributed by atoms with Crippen LogP contribution in [0.4, 0.5) is 4.39 Å². The van der Waals surface area contributed by atoms with Gasteiger partial charge in [0.05, 0.1) is 12.9 Å². The Morgan fingerprint density at radius 2 is 2.12 bits per heavy atom. The van der Waals surface area contributed by atoms with E-state index in [1.165, 1.54) is 0 Å².